The maximum absolute atomic E-state index is 13.2. The Bertz CT molecular complexity index is 1440. The van der Waals surface area contributed by atoms with Gasteiger partial charge in [-0.1, -0.05) is 53.7 Å². The highest BCUT2D eigenvalue weighted by atomic mass is 16.7. The molecule has 0 radical (unpaired) electrons. The van der Waals surface area contributed by atoms with E-state index in [0.29, 0.717) is 12.1 Å². The van der Waals surface area contributed by atoms with Crippen LogP contribution in [-0.4, -0.2) is 44.9 Å². The fourth-order valence-electron chi connectivity index (χ4n) is 5.10. The molecule has 1 saturated carbocycles. The molecule has 7 rings (SSSR count). The summed E-state index contributed by atoms with van der Waals surface area (Å²) < 4.78 is 0. The molecule has 4 heterocycles. The van der Waals surface area contributed by atoms with Crippen LogP contribution in [0.2, 0.25) is 0 Å². The zero-order valence-electron chi connectivity index (χ0n) is 17.0. The molecule has 7 nitrogen and oxygen atoms in total. The van der Waals surface area contributed by atoms with Crippen molar-refractivity contribution in [2.75, 3.05) is 0 Å². The molecule has 0 spiro atoms. The normalized spacial score (nSPS) is 25.8. The quantitative estimate of drug-likeness (QED) is 0.492. The van der Waals surface area contributed by atoms with Crippen LogP contribution in [0, 0.1) is 5.92 Å². The molecule has 2 bridgehead atoms. The number of pyridine rings is 2. The van der Waals surface area contributed by atoms with Crippen LogP contribution >= 0.6 is 0 Å². The standard InChI is InChI=1S/C25H18N4O3/c30-25(19-12-10-15-6-2-4-8-17(15)27-19)29-20-13-21(32-29)22-23(28-31-24(20)22)18-11-9-14-5-1-3-7-16(14)26-18/h1-12,20-22,24H,13H2/t20-,21+,22+,24+/m1/s1. The van der Waals surface area contributed by atoms with Crippen LogP contribution in [0.1, 0.15) is 22.6 Å². The van der Waals surface area contributed by atoms with E-state index in [1.807, 2.05) is 66.7 Å². The molecule has 2 aromatic heterocycles. The van der Waals surface area contributed by atoms with Crippen LogP contribution in [0.3, 0.4) is 0 Å². The van der Waals surface area contributed by atoms with Crippen molar-refractivity contribution in [3.8, 4) is 0 Å². The topological polar surface area (TPSA) is 76.9 Å². The van der Waals surface area contributed by atoms with Crippen LogP contribution < -0.4 is 0 Å². The number of para-hydroxylation sites is 2. The van der Waals surface area contributed by atoms with Gasteiger partial charge in [0, 0.05) is 17.2 Å². The molecule has 4 aromatic rings. The molecule has 1 aliphatic carbocycles. The number of aromatic nitrogens is 2. The van der Waals surface area contributed by atoms with E-state index in [-0.39, 0.29) is 30.1 Å². The Morgan fingerprint density at radius 1 is 0.875 bits per heavy atom. The molecule has 1 saturated heterocycles. The zero-order valence-corrected chi connectivity index (χ0v) is 17.0. The number of amides is 1. The number of hydroxylamine groups is 2. The second kappa shape index (κ2) is 6.58. The predicted octanol–water partition coefficient (Wildman–Crippen LogP) is 3.73. The Balaban J connectivity index is 1.16. The van der Waals surface area contributed by atoms with Crippen molar-refractivity contribution in [2.45, 2.75) is 24.7 Å². The van der Waals surface area contributed by atoms with Gasteiger partial charge in [-0.2, -0.15) is 0 Å². The molecule has 7 heteroatoms. The Hall–Kier alpha value is -3.84. The van der Waals surface area contributed by atoms with Crippen LogP contribution in [-0.2, 0) is 9.68 Å². The van der Waals surface area contributed by atoms with Gasteiger partial charge in [0.2, 0.25) is 0 Å². The van der Waals surface area contributed by atoms with Gasteiger partial charge in [0.1, 0.15) is 23.6 Å². The van der Waals surface area contributed by atoms with E-state index in [9.17, 15) is 4.79 Å². The lowest BCUT2D eigenvalue weighted by atomic mass is 9.94. The molecule has 2 aromatic carbocycles. The number of hydrogen-bond acceptors (Lipinski definition) is 6. The fraction of sp³-hybridized carbons (Fsp3) is 0.200. The second-order valence-corrected chi connectivity index (χ2v) is 8.43. The van der Waals surface area contributed by atoms with Crippen molar-refractivity contribution in [3.05, 3.63) is 84.2 Å². The average Bonchev–Trinajstić information content (AvgIpc) is 3.56. The van der Waals surface area contributed by atoms with Crippen LogP contribution in [0.5, 0.6) is 0 Å². The van der Waals surface area contributed by atoms with Gasteiger partial charge in [0.15, 0.2) is 6.10 Å². The molecule has 32 heavy (non-hydrogen) atoms. The zero-order chi connectivity index (χ0) is 21.2. The van der Waals surface area contributed by atoms with Gasteiger partial charge in [-0.3, -0.25) is 9.63 Å². The number of hydrogen-bond donors (Lipinski definition) is 0. The lowest BCUT2D eigenvalue weighted by Crippen LogP contribution is -2.49. The average molecular weight is 422 g/mol. The molecule has 4 atom stereocenters. The minimum absolute atomic E-state index is 0.0396. The second-order valence-electron chi connectivity index (χ2n) is 8.43. The summed E-state index contributed by atoms with van der Waals surface area (Å²) in [7, 11) is 0. The van der Waals surface area contributed by atoms with Crippen molar-refractivity contribution < 1.29 is 14.5 Å². The van der Waals surface area contributed by atoms with Gasteiger partial charge in [0.05, 0.1) is 22.6 Å². The van der Waals surface area contributed by atoms with Crippen molar-refractivity contribution in [3.63, 3.8) is 0 Å². The number of oxime groups is 1. The fourth-order valence-corrected chi connectivity index (χ4v) is 5.10. The number of carbonyl (C=O) groups is 1. The minimum atomic E-state index is -0.248. The summed E-state index contributed by atoms with van der Waals surface area (Å²) >= 11 is 0. The molecule has 0 N–H and O–H groups in total. The summed E-state index contributed by atoms with van der Waals surface area (Å²) in [6, 6.07) is 23.2. The van der Waals surface area contributed by atoms with Crippen molar-refractivity contribution in [1.82, 2.24) is 15.0 Å². The third-order valence-corrected chi connectivity index (χ3v) is 6.62. The summed E-state index contributed by atoms with van der Waals surface area (Å²) in [5, 5.41) is 7.88. The van der Waals surface area contributed by atoms with E-state index in [2.05, 4.69) is 10.1 Å². The Morgan fingerprint density at radius 3 is 2.41 bits per heavy atom. The van der Waals surface area contributed by atoms with E-state index in [1.165, 1.54) is 5.06 Å². The van der Waals surface area contributed by atoms with Gasteiger partial charge < -0.3 is 4.84 Å². The predicted molar refractivity (Wildman–Crippen MR) is 118 cm³/mol. The van der Waals surface area contributed by atoms with Gasteiger partial charge in [-0.15, -0.1) is 0 Å². The number of fused-ring (bicyclic) bond motifs is 7. The van der Waals surface area contributed by atoms with Gasteiger partial charge in [0.25, 0.3) is 5.91 Å². The highest BCUT2D eigenvalue weighted by Gasteiger charge is 2.61. The lowest BCUT2D eigenvalue weighted by molar-refractivity contribution is -0.190. The minimum Gasteiger partial charge on any atom is -0.389 e. The first-order valence-electron chi connectivity index (χ1n) is 10.7. The molecule has 0 unspecified atom stereocenters. The first-order valence-corrected chi connectivity index (χ1v) is 10.7. The van der Waals surface area contributed by atoms with Crippen molar-refractivity contribution >= 4 is 33.4 Å². The van der Waals surface area contributed by atoms with E-state index >= 15 is 0 Å². The summed E-state index contributed by atoms with van der Waals surface area (Å²) in [6.07, 6.45) is 0.298. The van der Waals surface area contributed by atoms with Crippen LogP contribution in [0.25, 0.3) is 21.8 Å². The molecule has 156 valence electrons. The van der Waals surface area contributed by atoms with Crippen molar-refractivity contribution in [1.29, 1.82) is 0 Å². The number of rotatable bonds is 2. The van der Waals surface area contributed by atoms with Gasteiger partial charge >= 0.3 is 0 Å². The van der Waals surface area contributed by atoms with Crippen LogP contribution in [0.15, 0.2) is 78.0 Å². The maximum atomic E-state index is 13.2. The maximum Gasteiger partial charge on any atom is 0.296 e. The highest BCUT2D eigenvalue weighted by molar-refractivity contribution is 6.04. The van der Waals surface area contributed by atoms with E-state index in [4.69, 9.17) is 14.7 Å². The van der Waals surface area contributed by atoms with Gasteiger partial charge in [-0.25, -0.2) is 15.0 Å². The number of benzene rings is 2. The van der Waals surface area contributed by atoms with Crippen molar-refractivity contribution in [2.24, 2.45) is 11.1 Å². The Kier molecular flexibility index (Phi) is 3.66. The molecule has 1 amide bonds. The smallest absolute Gasteiger partial charge is 0.296 e. The molecule has 2 aliphatic heterocycles. The summed E-state index contributed by atoms with van der Waals surface area (Å²) in [5.41, 5.74) is 3.65. The first-order chi connectivity index (χ1) is 15.8. The first kappa shape index (κ1) is 17.8. The molecular weight excluding hydrogens is 404 g/mol. The molecule has 2 fully saturated rings. The third kappa shape index (κ3) is 2.51. The molecule has 3 aliphatic rings. The monoisotopic (exact) mass is 422 g/mol. The van der Waals surface area contributed by atoms with E-state index < -0.39 is 0 Å². The highest BCUT2D eigenvalue weighted by Crippen LogP contribution is 2.46. The third-order valence-electron chi connectivity index (χ3n) is 6.62. The lowest BCUT2D eigenvalue weighted by Gasteiger charge is -2.32. The molecular formula is C25H18N4O3. The summed E-state index contributed by atoms with van der Waals surface area (Å²) in [5.74, 6) is -0.287. The summed E-state index contributed by atoms with van der Waals surface area (Å²) in [4.78, 5) is 34.4. The summed E-state index contributed by atoms with van der Waals surface area (Å²) in [6.45, 7) is 0. The Labute approximate surface area is 183 Å². The van der Waals surface area contributed by atoms with Crippen LogP contribution in [0.4, 0.5) is 0 Å². The van der Waals surface area contributed by atoms with E-state index in [1.54, 1.807) is 6.07 Å². The number of nitrogens with zero attached hydrogens (tertiary/aromatic N) is 4. The number of carbonyl (C=O) groups excluding carboxylic acids is 1. The Morgan fingerprint density at radius 2 is 1.59 bits per heavy atom. The van der Waals surface area contributed by atoms with E-state index in [0.717, 1.165) is 33.2 Å². The largest absolute Gasteiger partial charge is 0.389 e. The SMILES string of the molecule is O=C(c1ccc2ccccc2n1)N1O[C@H]2C[C@@H]1[C@@H]1ON=C(c3ccc4ccccc4n3)[C@@H]12. The van der Waals surface area contributed by atoms with Gasteiger partial charge in [-0.05, 0) is 24.3 Å².